The molecule has 0 amide bonds. The van der Waals surface area contributed by atoms with Gasteiger partial charge in [-0.3, -0.25) is 0 Å². The van der Waals surface area contributed by atoms with E-state index >= 15 is 0 Å². The predicted molar refractivity (Wildman–Crippen MR) is 101 cm³/mol. The van der Waals surface area contributed by atoms with Crippen LogP contribution in [0.5, 0.6) is 0 Å². The maximum Gasteiger partial charge on any atom is 0.249 e. The molecule has 0 radical (unpaired) electrons. The van der Waals surface area contributed by atoms with Crippen LogP contribution in [0.4, 0.5) is 23.1 Å². The standard InChI is InChI=1S/C18H18BrN5/c1-3-13-4-6-14(7-5-13)22-18-23-17(11-20-24-18)21-15-8-9-16(19)12(2)10-15/h4-11H,3H2,1-2H3,(H2,21,22,23,24). The highest BCUT2D eigenvalue weighted by atomic mass is 79.9. The van der Waals surface area contributed by atoms with E-state index in [9.17, 15) is 0 Å². The molecule has 0 atom stereocenters. The highest BCUT2D eigenvalue weighted by Crippen LogP contribution is 2.22. The first-order valence-electron chi connectivity index (χ1n) is 7.73. The van der Waals surface area contributed by atoms with Gasteiger partial charge in [-0.25, -0.2) is 0 Å². The first kappa shape index (κ1) is 16.4. The molecule has 0 spiro atoms. The Hall–Kier alpha value is -2.47. The number of hydrogen-bond acceptors (Lipinski definition) is 5. The van der Waals surface area contributed by atoms with Gasteiger partial charge in [0.1, 0.15) is 0 Å². The number of halogens is 1. The van der Waals surface area contributed by atoms with Crippen molar-refractivity contribution in [1.29, 1.82) is 0 Å². The van der Waals surface area contributed by atoms with Crippen molar-refractivity contribution in [2.24, 2.45) is 0 Å². The third-order valence-electron chi connectivity index (χ3n) is 3.61. The molecule has 0 aliphatic heterocycles. The lowest BCUT2D eigenvalue weighted by Gasteiger charge is -2.09. The molecular formula is C18H18BrN5. The average Bonchev–Trinajstić information content (AvgIpc) is 2.59. The van der Waals surface area contributed by atoms with Crippen LogP contribution in [0.1, 0.15) is 18.1 Å². The second-order valence-corrected chi connectivity index (χ2v) is 6.28. The number of aromatic nitrogens is 3. The summed E-state index contributed by atoms with van der Waals surface area (Å²) in [6, 6.07) is 14.2. The number of benzene rings is 2. The largest absolute Gasteiger partial charge is 0.339 e. The number of nitrogens with one attached hydrogen (secondary N) is 2. The third kappa shape index (κ3) is 4.08. The fourth-order valence-corrected chi connectivity index (χ4v) is 2.49. The Morgan fingerprint density at radius 2 is 1.75 bits per heavy atom. The highest BCUT2D eigenvalue weighted by Gasteiger charge is 2.03. The van der Waals surface area contributed by atoms with Gasteiger partial charge in [-0.2, -0.15) is 10.1 Å². The molecule has 6 heteroatoms. The van der Waals surface area contributed by atoms with Crippen LogP contribution in [0.2, 0.25) is 0 Å². The maximum absolute atomic E-state index is 4.45. The van der Waals surface area contributed by atoms with Gasteiger partial charge in [0.15, 0.2) is 5.82 Å². The van der Waals surface area contributed by atoms with E-state index in [0.717, 1.165) is 27.8 Å². The van der Waals surface area contributed by atoms with Crippen molar-refractivity contribution in [2.45, 2.75) is 20.3 Å². The van der Waals surface area contributed by atoms with Crippen LogP contribution in [0.25, 0.3) is 0 Å². The van der Waals surface area contributed by atoms with Crippen LogP contribution < -0.4 is 10.6 Å². The van der Waals surface area contributed by atoms with E-state index in [1.165, 1.54) is 5.56 Å². The van der Waals surface area contributed by atoms with Gasteiger partial charge >= 0.3 is 0 Å². The van der Waals surface area contributed by atoms with E-state index in [2.05, 4.69) is 60.8 Å². The van der Waals surface area contributed by atoms with E-state index in [0.29, 0.717) is 11.8 Å². The molecule has 0 saturated heterocycles. The van der Waals surface area contributed by atoms with Crippen molar-refractivity contribution in [3.63, 3.8) is 0 Å². The van der Waals surface area contributed by atoms with Crippen LogP contribution in [-0.4, -0.2) is 15.2 Å². The second kappa shape index (κ2) is 7.40. The lowest BCUT2D eigenvalue weighted by Crippen LogP contribution is -2.02. The Labute approximate surface area is 149 Å². The summed E-state index contributed by atoms with van der Waals surface area (Å²) in [5.41, 5.74) is 4.33. The van der Waals surface area contributed by atoms with Crippen molar-refractivity contribution < 1.29 is 0 Å². The SMILES string of the molecule is CCc1ccc(Nc2nncc(Nc3ccc(Br)c(C)c3)n2)cc1. The molecule has 3 rings (SSSR count). The van der Waals surface area contributed by atoms with Crippen molar-refractivity contribution in [3.8, 4) is 0 Å². The Morgan fingerprint density at radius 3 is 2.46 bits per heavy atom. The minimum atomic E-state index is 0.457. The minimum absolute atomic E-state index is 0.457. The van der Waals surface area contributed by atoms with Crippen LogP contribution >= 0.6 is 15.9 Å². The lowest BCUT2D eigenvalue weighted by atomic mass is 10.1. The Kier molecular flexibility index (Phi) is 5.05. The van der Waals surface area contributed by atoms with Gasteiger partial charge in [-0.05, 0) is 54.8 Å². The number of rotatable bonds is 5. The summed E-state index contributed by atoms with van der Waals surface area (Å²) in [5, 5.41) is 14.4. The minimum Gasteiger partial charge on any atom is -0.339 e. The number of anilines is 4. The quantitative estimate of drug-likeness (QED) is 0.649. The predicted octanol–water partition coefficient (Wildman–Crippen LogP) is 4.99. The van der Waals surface area contributed by atoms with Crippen LogP contribution in [0.3, 0.4) is 0 Å². The zero-order valence-electron chi connectivity index (χ0n) is 13.5. The summed E-state index contributed by atoms with van der Waals surface area (Å²) in [5.74, 6) is 1.09. The van der Waals surface area contributed by atoms with Gasteiger partial charge in [0.05, 0.1) is 6.20 Å². The van der Waals surface area contributed by atoms with Gasteiger partial charge in [0, 0.05) is 15.8 Å². The molecular weight excluding hydrogens is 366 g/mol. The van der Waals surface area contributed by atoms with E-state index in [4.69, 9.17) is 0 Å². The molecule has 3 aromatic rings. The van der Waals surface area contributed by atoms with Gasteiger partial charge in [-0.15, -0.1) is 5.10 Å². The molecule has 1 aromatic heterocycles. The second-order valence-electron chi connectivity index (χ2n) is 5.43. The first-order chi connectivity index (χ1) is 11.6. The summed E-state index contributed by atoms with van der Waals surface area (Å²) in [6.07, 6.45) is 2.62. The molecule has 0 fully saturated rings. The van der Waals surface area contributed by atoms with E-state index < -0.39 is 0 Å². The summed E-state index contributed by atoms with van der Waals surface area (Å²) in [7, 11) is 0. The fourth-order valence-electron chi connectivity index (χ4n) is 2.24. The normalized spacial score (nSPS) is 10.5. The molecule has 1 heterocycles. The van der Waals surface area contributed by atoms with Gasteiger partial charge < -0.3 is 10.6 Å². The monoisotopic (exact) mass is 383 g/mol. The molecule has 0 saturated carbocycles. The molecule has 2 N–H and O–H groups in total. The maximum atomic E-state index is 4.45. The van der Waals surface area contributed by atoms with Gasteiger partial charge in [0.2, 0.25) is 5.95 Å². The van der Waals surface area contributed by atoms with Crippen molar-refractivity contribution in [1.82, 2.24) is 15.2 Å². The molecule has 0 unspecified atom stereocenters. The summed E-state index contributed by atoms with van der Waals surface area (Å²) in [6.45, 7) is 4.18. The summed E-state index contributed by atoms with van der Waals surface area (Å²) >= 11 is 3.50. The average molecular weight is 384 g/mol. The highest BCUT2D eigenvalue weighted by molar-refractivity contribution is 9.10. The van der Waals surface area contributed by atoms with E-state index in [1.54, 1.807) is 6.20 Å². The zero-order valence-corrected chi connectivity index (χ0v) is 15.1. The molecule has 5 nitrogen and oxygen atoms in total. The Bertz CT molecular complexity index is 833. The number of aryl methyl sites for hydroxylation is 2. The van der Waals surface area contributed by atoms with Crippen molar-refractivity contribution in [2.75, 3.05) is 10.6 Å². The van der Waals surface area contributed by atoms with Crippen LogP contribution in [-0.2, 0) is 6.42 Å². The third-order valence-corrected chi connectivity index (χ3v) is 4.50. The molecule has 122 valence electrons. The first-order valence-corrected chi connectivity index (χ1v) is 8.52. The summed E-state index contributed by atoms with van der Waals surface area (Å²) in [4.78, 5) is 4.45. The smallest absolute Gasteiger partial charge is 0.249 e. The molecule has 0 aliphatic rings. The van der Waals surface area contributed by atoms with E-state index in [1.807, 2.05) is 37.3 Å². The van der Waals surface area contributed by atoms with Crippen LogP contribution in [0, 0.1) is 6.92 Å². The fraction of sp³-hybridized carbons (Fsp3) is 0.167. The molecule has 0 bridgehead atoms. The van der Waals surface area contributed by atoms with Crippen LogP contribution in [0.15, 0.2) is 53.1 Å². The number of hydrogen-bond donors (Lipinski definition) is 2. The van der Waals surface area contributed by atoms with E-state index in [-0.39, 0.29) is 0 Å². The zero-order chi connectivity index (χ0) is 16.9. The number of nitrogens with zero attached hydrogens (tertiary/aromatic N) is 3. The van der Waals surface area contributed by atoms with Gasteiger partial charge in [0.25, 0.3) is 0 Å². The van der Waals surface area contributed by atoms with Crippen molar-refractivity contribution >= 4 is 39.1 Å². The summed E-state index contributed by atoms with van der Waals surface area (Å²) < 4.78 is 1.08. The Morgan fingerprint density at radius 1 is 1.00 bits per heavy atom. The molecule has 0 aliphatic carbocycles. The molecule has 24 heavy (non-hydrogen) atoms. The lowest BCUT2D eigenvalue weighted by molar-refractivity contribution is 0.982. The van der Waals surface area contributed by atoms with Gasteiger partial charge in [-0.1, -0.05) is 35.0 Å². The topological polar surface area (TPSA) is 62.7 Å². The van der Waals surface area contributed by atoms with Crippen molar-refractivity contribution in [3.05, 3.63) is 64.3 Å². The Balaban J connectivity index is 1.74. The molecule has 2 aromatic carbocycles.